The van der Waals surface area contributed by atoms with Crippen molar-refractivity contribution >= 4 is 11.8 Å². The van der Waals surface area contributed by atoms with Gasteiger partial charge in [0.25, 0.3) is 0 Å². The minimum absolute atomic E-state index is 0.173. The number of hydrogen-bond donors (Lipinski definition) is 1. The Morgan fingerprint density at radius 1 is 1.50 bits per heavy atom. The van der Waals surface area contributed by atoms with Gasteiger partial charge in [-0.25, -0.2) is 0 Å². The van der Waals surface area contributed by atoms with Crippen LogP contribution in [0.5, 0.6) is 0 Å². The molecule has 2 aliphatic heterocycles. The van der Waals surface area contributed by atoms with Crippen LogP contribution in [0.4, 0.5) is 0 Å². The zero-order valence-corrected chi connectivity index (χ0v) is 13.1. The average Bonchev–Trinajstić information content (AvgIpc) is 2.92. The second kappa shape index (κ2) is 6.50. The third kappa shape index (κ3) is 3.57. The lowest BCUT2D eigenvalue weighted by molar-refractivity contribution is -0.0941. The van der Waals surface area contributed by atoms with Crippen LogP contribution >= 0.6 is 11.8 Å². The van der Waals surface area contributed by atoms with E-state index in [0.29, 0.717) is 12.1 Å². The van der Waals surface area contributed by atoms with Gasteiger partial charge >= 0.3 is 0 Å². The number of thioether (sulfide) groups is 1. The third-order valence-corrected chi connectivity index (χ3v) is 5.42. The summed E-state index contributed by atoms with van der Waals surface area (Å²) in [6.07, 6.45) is 8.64. The van der Waals surface area contributed by atoms with Gasteiger partial charge in [-0.05, 0) is 50.2 Å². The van der Waals surface area contributed by atoms with Crippen LogP contribution < -0.4 is 5.32 Å². The predicted octanol–water partition coefficient (Wildman–Crippen LogP) is 2.31. The molecular weight excluding hydrogens is 270 g/mol. The Morgan fingerprint density at radius 2 is 2.35 bits per heavy atom. The molecule has 3 heterocycles. The largest absolute Gasteiger partial charge is 0.375 e. The van der Waals surface area contributed by atoms with Crippen molar-refractivity contribution < 1.29 is 4.74 Å². The Hall–Kier alpha value is -0.520. The number of rotatable bonds is 4. The lowest BCUT2D eigenvalue weighted by atomic mass is 9.85. The standard InChI is InChI=1S/C15H25N3OS/c1-13(12-18-7-2-6-16-18)17-14-3-8-19-15(11-14)4-9-20-10-5-15/h2,6-7,13-14,17H,3-5,8-12H2,1H3. The SMILES string of the molecule is CC(Cn1cccn1)NC1CCOC2(CCSCC2)C1. The monoisotopic (exact) mass is 295 g/mol. The molecule has 2 atom stereocenters. The molecular formula is C15H25N3OS. The van der Waals surface area contributed by atoms with Gasteiger partial charge in [0.2, 0.25) is 0 Å². The van der Waals surface area contributed by atoms with Gasteiger partial charge in [-0.15, -0.1) is 0 Å². The topological polar surface area (TPSA) is 39.1 Å². The average molecular weight is 295 g/mol. The first-order chi connectivity index (χ1) is 9.76. The van der Waals surface area contributed by atoms with Crippen molar-refractivity contribution in [3.05, 3.63) is 18.5 Å². The molecule has 0 saturated carbocycles. The smallest absolute Gasteiger partial charge is 0.0713 e. The summed E-state index contributed by atoms with van der Waals surface area (Å²) in [5.74, 6) is 2.52. The van der Waals surface area contributed by atoms with Gasteiger partial charge in [0, 0.05) is 31.1 Å². The van der Waals surface area contributed by atoms with Crippen molar-refractivity contribution in [1.82, 2.24) is 15.1 Å². The van der Waals surface area contributed by atoms with E-state index in [4.69, 9.17) is 4.74 Å². The van der Waals surface area contributed by atoms with Gasteiger partial charge in [-0.1, -0.05) is 0 Å². The second-order valence-corrected chi connectivity index (χ2v) is 7.35. The maximum Gasteiger partial charge on any atom is 0.0713 e. The predicted molar refractivity (Wildman–Crippen MR) is 83.1 cm³/mol. The molecule has 1 spiro atoms. The minimum Gasteiger partial charge on any atom is -0.375 e. The van der Waals surface area contributed by atoms with Gasteiger partial charge < -0.3 is 10.1 Å². The zero-order chi connectivity index (χ0) is 13.8. The quantitative estimate of drug-likeness (QED) is 0.925. The molecule has 0 bridgehead atoms. The van der Waals surface area contributed by atoms with E-state index in [1.165, 1.54) is 30.8 Å². The van der Waals surface area contributed by atoms with Crippen LogP contribution in [0, 0.1) is 0 Å². The van der Waals surface area contributed by atoms with Gasteiger partial charge in [-0.3, -0.25) is 4.68 Å². The molecule has 2 fully saturated rings. The summed E-state index contributed by atoms with van der Waals surface area (Å²) in [6.45, 7) is 4.10. The summed E-state index contributed by atoms with van der Waals surface area (Å²) < 4.78 is 8.16. The summed E-state index contributed by atoms with van der Waals surface area (Å²) in [6, 6.07) is 3.03. The minimum atomic E-state index is 0.173. The Morgan fingerprint density at radius 3 is 3.10 bits per heavy atom. The van der Waals surface area contributed by atoms with Crippen molar-refractivity contribution in [3.63, 3.8) is 0 Å². The molecule has 0 aliphatic carbocycles. The Bertz CT molecular complexity index is 398. The third-order valence-electron chi connectivity index (χ3n) is 4.44. The molecule has 3 rings (SSSR count). The summed E-state index contributed by atoms with van der Waals surface area (Å²) in [5.41, 5.74) is 0.173. The van der Waals surface area contributed by atoms with Crippen molar-refractivity contribution in [3.8, 4) is 0 Å². The van der Waals surface area contributed by atoms with Gasteiger partial charge in [-0.2, -0.15) is 16.9 Å². The van der Waals surface area contributed by atoms with E-state index in [1.807, 2.05) is 23.1 Å². The van der Waals surface area contributed by atoms with E-state index in [1.54, 1.807) is 0 Å². The fourth-order valence-electron chi connectivity index (χ4n) is 3.41. The molecule has 2 unspecified atom stereocenters. The van der Waals surface area contributed by atoms with Crippen LogP contribution in [0.1, 0.15) is 32.6 Å². The Kier molecular flexibility index (Phi) is 4.68. The van der Waals surface area contributed by atoms with Gasteiger partial charge in [0.15, 0.2) is 0 Å². The first-order valence-electron chi connectivity index (χ1n) is 7.71. The summed E-state index contributed by atoms with van der Waals surface area (Å²) in [7, 11) is 0. The molecule has 0 aromatic carbocycles. The molecule has 1 N–H and O–H groups in total. The van der Waals surface area contributed by atoms with Gasteiger partial charge in [0.05, 0.1) is 12.1 Å². The molecule has 112 valence electrons. The highest BCUT2D eigenvalue weighted by atomic mass is 32.2. The van der Waals surface area contributed by atoms with E-state index >= 15 is 0 Å². The normalized spacial score (nSPS) is 27.6. The van der Waals surface area contributed by atoms with Crippen LogP contribution in [0.15, 0.2) is 18.5 Å². The fourth-order valence-corrected chi connectivity index (χ4v) is 4.64. The highest BCUT2D eigenvalue weighted by Crippen LogP contribution is 2.37. The van der Waals surface area contributed by atoms with Crippen molar-refractivity contribution in [1.29, 1.82) is 0 Å². The first-order valence-corrected chi connectivity index (χ1v) is 8.86. The molecule has 1 aromatic heterocycles. The number of nitrogens with one attached hydrogen (secondary N) is 1. The number of aromatic nitrogens is 2. The maximum absolute atomic E-state index is 6.15. The highest BCUT2D eigenvalue weighted by molar-refractivity contribution is 7.99. The van der Waals surface area contributed by atoms with Gasteiger partial charge in [0.1, 0.15) is 0 Å². The molecule has 2 saturated heterocycles. The molecule has 20 heavy (non-hydrogen) atoms. The number of ether oxygens (including phenoxy) is 1. The molecule has 4 nitrogen and oxygen atoms in total. The zero-order valence-electron chi connectivity index (χ0n) is 12.3. The van der Waals surface area contributed by atoms with Crippen LogP contribution in [0.3, 0.4) is 0 Å². The van der Waals surface area contributed by atoms with Crippen LogP contribution in [-0.2, 0) is 11.3 Å². The summed E-state index contributed by atoms with van der Waals surface area (Å²) in [5, 5.41) is 8.06. The van der Waals surface area contributed by atoms with Crippen molar-refractivity contribution in [2.75, 3.05) is 18.1 Å². The van der Waals surface area contributed by atoms with Crippen LogP contribution in [0.25, 0.3) is 0 Å². The molecule has 5 heteroatoms. The molecule has 1 aromatic rings. The Labute approximate surface area is 125 Å². The first kappa shape index (κ1) is 14.4. The molecule has 2 aliphatic rings. The van der Waals surface area contributed by atoms with E-state index in [-0.39, 0.29) is 5.60 Å². The molecule has 0 amide bonds. The maximum atomic E-state index is 6.15. The van der Waals surface area contributed by atoms with E-state index in [0.717, 1.165) is 19.6 Å². The van der Waals surface area contributed by atoms with Crippen LogP contribution in [-0.4, -0.2) is 45.6 Å². The lowest BCUT2D eigenvalue weighted by Gasteiger charge is -2.44. The van der Waals surface area contributed by atoms with E-state index in [9.17, 15) is 0 Å². The van der Waals surface area contributed by atoms with Crippen molar-refractivity contribution in [2.45, 2.75) is 56.8 Å². The van der Waals surface area contributed by atoms with Crippen molar-refractivity contribution in [2.24, 2.45) is 0 Å². The Balaban J connectivity index is 1.51. The number of nitrogens with zero attached hydrogens (tertiary/aromatic N) is 2. The molecule has 0 radical (unpaired) electrons. The summed E-state index contributed by atoms with van der Waals surface area (Å²) >= 11 is 2.07. The second-order valence-electron chi connectivity index (χ2n) is 6.13. The fraction of sp³-hybridized carbons (Fsp3) is 0.800. The van der Waals surface area contributed by atoms with E-state index in [2.05, 4.69) is 29.1 Å². The van der Waals surface area contributed by atoms with E-state index < -0.39 is 0 Å². The number of hydrogen-bond acceptors (Lipinski definition) is 4. The highest BCUT2D eigenvalue weighted by Gasteiger charge is 2.38. The lowest BCUT2D eigenvalue weighted by Crippen LogP contribution is -2.51. The van der Waals surface area contributed by atoms with Crippen LogP contribution in [0.2, 0.25) is 0 Å². The summed E-state index contributed by atoms with van der Waals surface area (Å²) in [4.78, 5) is 0.